The summed E-state index contributed by atoms with van der Waals surface area (Å²) in [6.45, 7) is 5.20. The average Bonchev–Trinajstić information content (AvgIpc) is 3.36. The zero-order valence-electron chi connectivity index (χ0n) is 19.0. The number of ether oxygens (including phenoxy) is 3. The highest BCUT2D eigenvalue weighted by atomic mass is 16.5. The summed E-state index contributed by atoms with van der Waals surface area (Å²) in [5.74, 6) is 2.70. The van der Waals surface area contributed by atoms with Crippen LogP contribution in [0.2, 0.25) is 0 Å². The Balaban J connectivity index is 1.65. The van der Waals surface area contributed by atoms with Crippen molar-refractivity contribution >= 4 is 5.91 Å². The van der Waals surface area contributed by atoms with Gasteiger partial charge in [-0.05, 0) is 65.4 Å². The molecule has 32 heavy (non-hydrogen) atoms. The Kier molecular flexibility index (Phi) is 6.40. The minimum atomic E-state index is -0.291. The first-order chi connectivity index (χ1) is 15.5. The Morgan fingerprint density at radius 3 is 2.44 bits per heavy atom. The number of amides is 1. The lowest BCUT2D eigenvalue weighted by atomic mass is 9.92. The van der Waals surface area contributed by atoms with Crippen molar-refractivity contribution in [2.24, 2.45) is 0 Å². The summed E-state index contributed by atoms with van der Waals surface area (Å²) in [5, 5.41) is 0. The van der Waals surface area contributed by atoms with Crippen LogP contribution in [0.25, 0.3) is 0 Å². The number of nitrogens with zero attached hydrogens (tertiary/aromatic N) is 1. The number of rotatable bonds is 7. The van der Waals surface area contributed by atoms with Crippen LogP contribution >= 0.6 is 0 Å². The standard InChI is InChI=1S/C26H29NO5/c1-17(2)18-7-9-20(10-8-18)32-16-22-21-15-25(30-4)24(29-3)14-19(21)11-12-27(22)26(28)23-6-5-13-31-23/h5-10,13-15,17,22H,11-12,16H2,1-4H3. The Morgan fingerprint density at radius 2 is 1.81 bits per heavy atom. The fourth-order valence-corrected chi connectivity index (χ4v) is 4.12. The van der Waals surface area contributed by atoms with Crippen molar-refractivity contribution in [3.8, 4) is 17.2 Å². The number of methoxy groups -OCH3 is 2. The summed E-state index contributed by atoms with van der Waals surface area (Å²) < 4.78 is 22.6. The van der Waals surface area contributed by atoms with Gasteiger partial charge in [0.05, 0.1) is 26.5 Å². The summed E-state index contributed by atoms with van der Waals surface area (Å²) in [7, 11) is 3.24. The predicted octanol–water partition coefficient (Wildman–Crippen LogP) is 5.24. The topological polar surface area (TPSA) is 61.1 Å². The van der Waals surface area contributed by atoms with Gasteiger partial charge < -0.3 is 23.5 Å². The molecule has 0 saturated heterocycles. The third-order valence-electron chi connectivity index (χ3n) is 5.95. The van der Waals surface area contributed by atoms with Gasteiger partial charge in [-0.2, -0.15) is 0 Å². The minimum Gasteiger partial charge on any atom is -0.493 e. The minimum absolute atomic E-state index is 0.154. The van der Waals surface area contributed by atoms with Crippen LogP contribution in [0.1, 0.15) is 53.1 Å². The van der Waals surface area contributed by atoms with Gasteiger partial charge in [0.25, 0.3) is 5.91 Å². The number of benzene rings is 2. The van der Waals surface area contributed by atoms with Gasteiger partial charge in [-0.15, -0.1) is 0 Å². The highest BCUT2D eigenvalue weighted by Gasteiger charge is 2.34. The fraction of sp³-hybridized carbons (Fsp3) is 0.346. The van der Waals surface area contributed by atoms with E-state index in [1.807, 2.05) is 29.2 Å². The smallest absolute Gasteiger partial charge is 0.290 e. The Hall–Kier alpha value is -3.41. The predicted molar refractivity (Wildman–Crippen MR) is 122 cm³/mol. The molecule has 4 rings (SSSR count). The van der Waals surface area contributed by atoms with E-state index in [-0.39, 0.29) is 11.9 Å². The number of furan rings is 1. The molecule has 0 radical (unpaired) electrons. The molecule has 1 unspecified atom stereocenters. The lowest BCUT2D eigenvalue weighted by Crippen LogP contribution is -2.42. The van der Waals surface area contributed by atoms with Crippen LogP contribution in [0.3, 0.4) is 0 Å². The Labute approximate surface area is 188 Å². The molecule has 1 aliphatic rings. The molecule has 1 amide bonds. The number of hydrogen-bond acceptors (Lipinski definition) is 5. The van der Waals surface area contributed by atoms with E-state index in [0.29, 0.717) is 42.7 Å². The van der Waals surface area contributed by atoms with Gasteiger partial charge in [0.15, 0.2) is 17.3 Å². The normalized spacial score (nSPS) is 15.4. The van der Waals surface area contributed by atoms with Gasteiger partial charge in [-0.25, -0.2) is 0 Å². The lowest BCUT2D eigenvalue weighted by molar-refractivity contribution is 0.0557. The highest BCUT2D eigenvalue weighted by molar-refractivity contribution is 5.92. The number of hydrogen-bond donors (Lipinski definition) is 0. The van der Waals surface area contributed by atoms with E-state index in [2.05, 4.69) is 26.0 Å². The molecule has 6 nitrogen and oxygen atoms in total. The van der Waals surface area contributed by atoms with E-state index in [4.69, 9.17) is 18.6 Å². The first kappa shape index (κ1) is 21.8. The van der Waals surface area contributed by atoms with Gasteiger partial charge in [-0.1, -0.05) is 26.0 Å². The van der Waals surface area contributed by atoms with Crippen LogP contribution in [0.5, 0.6) is 17.2 Å². The van der Waals surface area contributed by atoms with Crippen LogP contribution in [0, 0.1) is 0 Å². The molecule has 0 spiro atoms. The van der Waals surface area contributed by atoms with Crippen molar-refractivity contribution in [2.45, 2.75) is 32.2 Å². The second kappa shape index (κ2) is 9.39. The molecule has 1 atom stereocenters. The van der Waals surface area contributed by atoms with Gasteiger partial charge in [-0.3, -0.25) is 4.79 Å². The van der Waals surface area contributed by atoms with E-state index in [9.17, 15) is 4.79 Å². The maximum absolute atomic E-state index is 13.2. The molecule has 2 aromatic carbocycles. The average molecular weight is 436 g/mol. The third-order valence-corrected chi connectivity index (χ3v) is 5.95. The summed E-state index contributed by atoms with van der Waals surface area (Å²) in [4.78, 5) is 15.0. The number of carbonyl (C=O) groups excluding carboxylic acids is 1. The summed E-state index contributed by atoms with van der Waals surface area (Å²) in [5.41, 5.74) is 3.37. The van der Waals surface area contributed by atoms with Crippen LogP contribution in [0.4, 0.5) is 0 Å². The first-order valence-electron chi connectivity index (χ1n) is 10.8. The zero-order valence-corrected chi connectivity index (χ0v) is 19.0. The Bertz CT molecular complexity index is 1060. The molecule has 168 valence electrons. The van der Waals surface area contributed by atoms with Crippen molar-refractivity contribution in [3.63, 3.8) is 0 Å². The maximum atomic E-state index is 13.2. The fourth-order valence-electron chi connectivity index (χ4n) is 4.12. The largest absolute Gasteiger partial charge is 0.493 e. The molecule has 0 N–H and O–H groups in total. The van der Waals surface area contributed by atoms with Gasteiger partial charge in [0, 0.05) is 6.54 Å². The molecule has 0 fully saturated rings. The molecule has 3 aromatic rings. The van der Waals surface area contributed by atoms with E-state index in [0.717, 1.165) is 16.9 Å². The van der Waals surface area contributed by atoms with Gasteiger partial charge in [0.2, 0.25) is 0 Å². The van der Waals surface area contributed by atoms with Crippen LogP contribution in [0.15, 0.2) is 59.2 Å². The second-order valence-electron chi connectivity index (χ2n) is 8.18. The Morgan fingerprint density at radius 1 is 1.09 bits per heavy atom. The quantitative estimate of drug-likeness (QED) is 0.508. The molecule has 6 heteroatoms. The molecule has 0 aliphatic carbocycles. The van der Waals surface area contributed by atoms with E-state index < -0.39 is 0 Å². The lowest BCUT2D eigenvalue weighted by Gasteiger charge is -2.37. The van der Waals surface area contributed by atoms with E-state index in [1.54, 1.807) is 26.4 Å². The second-order valence-corrected chi connectivity index (χ2v) is 8.18. The van der Waals surface area contributed by atoms with Gasteiger partial charge in [0.1, 0.15) is 12.4 Å². The molecule has 2 heterocycles. The molecular formula is C26H29NO5. The molecule has 0 saturated carbocycles. The van der Waals surface area contributed by atoms with Crippen molar-refractivity contribution < 1.29 is 23.4 Å². The zero-order chi connectivity index (χ0) is 22.7. The van der Waals surface area contributed by atoms with Crippen LogP contribution < -0.4 is 14.2 Å². The van der Waals surface area contributed by atoms with Crippen molar-refractivity contribution in [1.29, 1.82) is 0 Å². The summed E-state index contributed by atoms with van der Waals surface area (Å²) in [6.07, 6.45) is 2.22. The van der Waals surface area contributed by atoms with Gasteiger partial charge >= 0.3 is 0 Å². The maximum Gasteiger partial charge on any atom is 0.290 e. The van der Waals surface area contributed by atoms with Crippen LogP contribution in [-0.4, -0.2) is 38.2 Å². The van der Waals surface area contributed by atoms with Crippen molar-refractivity contribution in [3.05, 3.63) is 77.2 Å². The van der Waals surface area contributed by atoms with Crippen LogP contribution in [-0.2, 0) is 6.42 Å². The van der Waals surface area contributed by atoms with E-state index in [1.165, 1.54) is 11.8 Å². The monoisotopic (exact) mass is 435 g/mol. The first-order valence-corrected chi connectivity index (χ1v) is 10.8. The third kappa shape index (κ3) is 4.31. The molecule has 1 aliphatic heterocycles. The molecule has 1 aromatic heterocycles. The van der Waals surface area contributed by atoms with Crippen molar-refractivity contribution in [2.75, 3.05) is 27.4 Å². The SMILES string of the molecule is COc1cc2c(cc1OC)C(COc1ccc(C(C)C)cc1)N(C(=O)c1ccco1)CC2. The number of fused-ring (bicyclic) bond motifs is 1. The number of carbonyl (C=O) groups is 1. The van der Waals surface area contributed by atoms with Crippen molar-refractivity contribution in [1.82, 2.24) is 4.90 Å². The van der Waals surface area contributed by atoms with E-state index >= 15 is 0 Å². The summed E-state index contributed by atoms with van der Waals surface area (Å²) in [6, 6.07) is 15.2. The highest BCUT2D eigenvalue weighted by Crippen LogP contribution is 2.39. The summed E-state index contributed by atoms with van der Waals surface area (Å²) >= 11 is 0. The molecule has 0 bridgehead atoms. The molecular weight excluding hydrogens is 406 g/mol.